The summed E-state index contributed by atoms with van der Waals surface area (Å²) < 4.78 is 6.71. The molecule has 0 amide bonds. The van der Waals surface area contributed by atoms with E-state index < -0.39 is 5.97 Å². The Morgan fingerprint density at radius 1 is 1.37 bits per heavy atom. The molecular weight excluding hydrogens is 242 g/mol. The zero-order valence-corrected chi connectivity index (χ0v) is 11.3. The summed E-state index contributed by atoms with van der Waals surface area (Å²) in [5, 5.41) is 0. The van der Waals surface area contributed by atoms with Gasteiger partial charge in [-0.3, -0.25) is 4.57 Å². The maximum Gasteiger partial charge on any atom is 0.360 e. The van der Waals surface area contributed by atoms with Gasteiger partial charge in [-0.1, -0.05) is 18.2 Å². The molecule has 2 N–H and O–H groups in total. The van der Waals surface area contributed by atoms with Crippen LogP contribution >= 0.6 is 0 Å². The van der Waals surface area contributed by atoms with Gasteiger partial charge in [-0.15, -0.1) is 0 Å². The van der Waals surface area contributed by atoms with E-state index >= 15 is 0 Å². The predicted molar refractivity (Wildman–Crippen MR) is 73.4 cm³/mol. The first-order valence-electron chi connectivity index (χ1n) is 6.14. The molecule has 0 bridgehead atoms. The summed E-state index contributed by atoms with van der Waals surface area (Å²) in [6.07, 6.45) is 0. The summed E-state index contributed by atoms with van der Waals surface area (Å²) >= 11 is 0. The number of para-hydroxylation sites is 1. The molecule has 100 valence electrons. The molecule has 0 aliphatic heterocycles. The molecule has 5 nitrogen and oxygen atoms in total. The molecule has 0 unspecified atom stereocenters. The third-order valence-corrected chi connectivity index (χ3v) is 2.91. The van der Waals surface area contributed by atoms with Crippen LogP contribution < -0.4 is 5.73 Å². The van der Waals surface area contributed by atoms with Gasteiger partial charge >= 0.3 is 5.97 Å². The second-order valence-electron chi connectivity index (χ2n) is 4.24. The number of carbonyl (C=O) groups excluding carboxylic acids is 1. The number of nitrogens with two attached hydrogens (primary N) is 1. The average molecular weight is 259 g/mol. The Kier molecular flexibility index (Phi) is 3.55. The quantitative estimate of drug-likeness (QED) is 0.858. The van der Waals surface area contributed by atoms with Crippen molar-refractivity contribution in [1.29, 1.82) is 0 Å². The Labute approximate surface area is 112 Å². The molecule has 1 heterocycles. The topological polar surface area (TPSA) is 70.1 Å². The van der Waals surface area contributed by atoms with Gasteiger partial charge in [0.2, 0.25) is 0 Å². The van der Waals surface area contributed by atoms with E-state index in [4.69, 9.17) is 10.5 Å². The van der Waals surface area contributed by atoms with Crippen molar-refractivity contribution < 1.29 is 9.53 Å². The summed E-state index contributed by atoms with van der Waals surface area (Å²) in [4.78, 5) is 16.0. The monoisotopic (exact) mass is 259 g/mol. The number of rotatable bonds is 3. The highest BCUT2D eigenvalue weighted by Gasteiger charge is 2.20. The zero-order valence-electron chi connectivity index (χ0n) is 11.3. The van der Waals surface area contributed by atoms with Crippen LogP contribution in [0, 0.1) is 13.8 Å². The SMILES string of the molecule is CCOC(=O)c1nc(C)n(-c2ccccc2C)c1N. The van der Waals surface area contributed by atoms with Crippen LogP contribution in [0.15, 0.2) is 24.3 Å². The summed E-state index contributed by atoms with van der Waals surface area (Å²) in [7, 11) is 0. The minimum atomic E-state index is -0.490. The van der Waals surface area contributed by atoms with E-state index in [1.807, 2.05) is 38.1 Å². The van der Waals surface area contributed by atoms with Gasteiger partial charge in [0, 0.05) is 0 Å². The molecule has 2 aromatic rings. The highest BCUT2D eigenvalue weighted by Crippen LogP contribution is 2.23. The Bertz CT molecular complexity index is 617. The van der Waals surface area contributed by atoms with Gasteiger partial charge in [0.05, 0.1) is 12.3 Å². The molecule has 0 atom stereocenters. The first-order chi connectivity index (χ1) is 9.06. The van der Waals surface area contributed by atoms with E-state index in [-0.39, 0.29) is 5.69 Å². The number of nitrogen functional groups attached to an aromatic ring is 1. The fourth-order valence-corrected chi connectivity index (χ4v) is 2.02. The highest BCUT2D eigenvalue weighted by molar-refractivity contribution is 5.92. The van der Waals surface area contributed by atoms with E-state index in [9.17, 15) is 4.79 Å². The van der Waals surface area contributed by atoms with Crippen LogP contribution in [0.4, 0.5) is 5.82 Å². The fraction of sp³-hybridized carbons (Fsp3) is 0.286. The fourth-order valence-electron chi connectivity index (χ4n) is 2.02. The van der Waals surface area contributed by atoms with Gasteiger partial charge in [-0.2, -0.15) is 0 Å². The molecule has 0 radical (unpaired) electrons. The Morgan fingerprint density at radius 2 is 2.05 bits per heavy atom. The van der Waals surface area contributed by atoms with Crippen molar-refractivity contribution in [3.05, 3.63) is 41.3 Å². The number of anilines is 1. The van der Waals surface area contributed by atoms with Crippen molar-refractivity contribution in [2.75, 3.05) is 12.3 Å². The first kappa shape index (κ1) is 13.1. The normalized spacial score (nSPS) is 10.5. The van der Waals surface area contributed by atoms with Gasteiger partial charge in [-0.25, -0.2) is 9.78 Å². The molecule has 0 saturated carbocycles. The minimum absolute atomic E-state index is 0.169. The van der Waals surface area contributed by atoms with E-state index in [0.717, 1.165) is 11.3 Å². The summed E-state index contributed by atoms with van der Waals surface area (Å²) in [6, 6.07) is 7.80. The molecule has 19 heavy (non-hydrogen) atoms. The minimum Gasteiger partial charge on any atom is -0.461 e. The lowest BCUT2D eigenvalue weighted by Crippen LogP contribution is -2.10. The molecule has 1 aromatic carbocycles. The van der Waals surface area contributed by atoms with E-state index in [0.29, 0.717) is 18.2 Å². The van der Waals surface area contributed by atoms with Crippen molar-refractivity contribution in [2.45, 2.75) is 20.8 Å². The Balaban J connectivity index is 2.54. The lowest BCUT2D eigenvalue weighted by molar-refractivity contribution is 0.0521. The number of benzene rings is 1. The summed E-state index contributed by atoms with van der Waals surface area (Å²) in [5.41, 5.74) is 8.18. The van der Waals surface area contributed by atoms with E-state index in [1.54, 1.807) is 11.5 Å². The number of aromatic nitrogens is 2. The summed E-state index contributed by atoms with van der Waals surface area (Å²) in [5.74, 6) is 0.482. The Hall–Kier alpha value is -2.30. The van der Waals surface area contributed by atoms with E-state index in [1.165, 1.54) is 0 Å². The number of carbonyl (C=O) groups is 1. The van der Waals surface area contributed by atoms with Crippen LogP contribution in [-0.2, 0) is 4.74 Å². The van der Waals surface area contributed by atoms with Crippen LogP contribution in [0.2, 0.25) is 0 Å². The molecule has 1 aromatic heterocycles. The van der Waals surface area contributed by atoms with Crippen molar-refractivity contribution in [1.82, 2.24) is 9.55 Å². The van der Waals surface area contributed by atoms with Crippen LogP contribution in [0.25, 0.3) is 5.69 Å². The van der Waals surface area contributed by atoms with Crippen LogP contribution in [0.1, 0.15) is 28.8 Å². The van der Waals surface area contributed by atoms with Gasteiger partial charge in [-0.05, 0) is 32.4 Å². The number of hydrogen-bond donors (Lipinski definition) is 1. The molecule has 5 heteroatoms. The first-order valence-corrected chi connectivity index (χ1v) is 6.14. The third-order valence-electron chi connectivity index (χ3n) is 2.91. The van der Waals surface area contributed by atoms with Crippen LogP contribution in [0.5, 0.6) is 0 Å². The van der Waals surface area contributed by atoms with Crippen LogP contribution in [0.3, 0.4) is 0 Å². The third kappa shape index (κ3) is 2.31. The number of esters is 1. The second-order valence-corrected chi connectivity index (χ2v) is 4.24. The molecular formula is C14H17N3O2. The van der Waals surface area contributed by atoms with Crippen molar-refractivity contribution in [3.8, 4) is 5.69 Å². The molecule has 0 spiro atoms. The predicted octanol–water partition coefficient (Wildman–Crippen LogP) is 2.25. The lowest BCUT2D eigenvalue weighted by Gasteiger charge is -2.10. The number of hydrogen-bond acceptors (Lipinski definition) is 4. The molecule has 2 rings (SSSR count). The number of aryl methyl sites for hydroxylation is 2. The molecule has 0 aliphatic rings. The second kappa shape index (κ2) is 5.14. The molecule has 0 aliphatic carbocycles. The van der Waals surface area contributed by atoms with Gasteiger partial charge in [0.25, 0.3) is 0 Å². The van der Waals surface area contributed by atoms with Gasteiger partial charge in [0.15, 0.2) is 5.69 Å². The lowest BCUT2D eigenvalue weighted by atomic mass is 10.2. The smallest absolute Gasteiger partial charge is 0.360 e. The largest absolute Gasteiger partial charge is 0.461 e. The number of ether oxygens (including phenoxy) is 1. The number of nitrogens with zero attached hydrogens (tertiary/aromatic N) is 2. The zero-order chi connectivity index (χ0) is 14.0. The maximum atomic E-state index is 11.8. The maximum absolute atomic E-state index is 11.8. The van der Waals surface area contributed by atoms with Crippen molar-refractivity contribution in [3.63, 3.8) is 0 Å². The summed E-state index contributed by atoms with van der Waals surface area (Å²) in [6.45, 7) is 5.84. The number of imidazole rings is 1. The standard InChI is InChI=1S/C14H17N3O2/c1-4-19-14(18)12-13(15)17(10(3)16-12)11-8-6-5-7-9(11)2/h5-8H,4,15H2,1-3H3. The van der Waals surface area contributed by atoms with Crippen molar-refractivity contribution in [2.24, 2.45) is 0 Å². The van der Waals surface area contributed by atoms with Crippen LogP contribution in [-0.4, -0.2) is 22.1 Å². The average Bonchev–Trinajstić information content (AvgIpc) is 2.66. The van der Waals surface area contributed by atoms with Gasteiger partial charge < -0.3 is 10.5 Å². The molecule has 0 saturated heterocycles. The molecule has 0 fully saturated rings. The van der Waals surface area contributed by atoms with Crippen molar-refractivity contribution >= 4 is 11.8 Å². The van der Waals surface area contributed by atoms with Gasteiger partial charge in [0.1, 0.15) is 11.6 Å². The highest BCUT2D eigenvalue weighted by atomic mass is 16.5. The van der Waals surface area contributed by atoms with E-state index in [2.05, 4.69) is 4.98 Å². The Morgan fingerprint density at radius 3 is 2.68 bits per heavy atom.